The van der Waals surface area contributed by atoms with Gasteiger partial charge in [-0.25, -0.2) is 0 Å². The van der Waals surface area contributed by atoms with Crippen LogP contribution >= 0.6 is 23.2 Å². The summed E-state index contributed by atoms with van der Waals surface area (Å²) in [7, 11) is 0. The number of halogens is 2. The summed E-state index contributed by atoms with van der Waals surface area (Å²) in [5.74, 6) is -0.618. The van der Waals surface area contributed by atoms with Crippen LogP contribution in [0, 0.1) is 34.1 Å². The minimum Gasteiger partial charge on any atom is -0.326 e. The van der Waals surface area contributed by atoms with Gasteiger partial charge in [-0.1, -0.05) is 23.2 Å². The number of anilines is 2. The lowest BCUT2D eigenvalue weighted by Crippen LogP contribution is -2.14. The van der Waals surface area contributed by atoms with Gasteiger partial charge in [0.15, 0.2) is 0 Å². The summed E-state index contributed by atoms with van der Waals surface area (Å²) in [5, 5.41) is 27.0. The fourth-order valence-electron chi connectivity index (χ4n) is 2.88. The molecule has 0 radical (unpaired) electrons. The molecule has 12 heteroatoms. The third-order valence-electron chi connectivity index (χ3n) is 4.59. The number of carbonyl (C=O) groups excluding carboxylic acids is 2. The number of nitrogens with one attached hydrogen (secondary N) is 2. The molecule has 2 rings (SSSR count). The van der Waals surface area contributed by atoms with Crippen LogP contribution in [0.5, 0.6) is 0 Å². The van der Waals surface area contributed by atoms with E-state index in [4.69, 9.17) is 23.2 Å². The molecular formula is C20H20Cl2N4O6. The van der Waals surface area contributed by atoms with Crippen LogP contribution in [0.2, 0.25) is 10.0 Å². The van der Waals surface area contributed by atoms with Gasteiger partial charge < -0.3 is 10.6 Å². The topological polar surface area (TPSA) is 144 Å². The normalized spacial score (nSPS) is 10.5. The molecule has 10 nitrogen and oxygen atoms in total. The Hall–Kier alpha value is -3.24. The zero-order valence-electron chi connectivity index (χ0n) is 17.2. The first kappa shape index (κ1) is 25.0. The molecule has 0 bridgehead atoms. The van der Waals surface area contributed by atoms with Crippen LogP contribution in [0.1, 0.15) is 36.8 Å². The molecule has 2 aromatic rings. The van der Waals surface area contributed by atoms with E-state index in [1.807, 2.05) is 0 Å². The van der Waals surface area contributed by atoms with Crippen LogP contribution in [0.4, 0.5) is 22.7 Å². The molecule has 0 unspecified atom stereocenters. The number of carbonyl (C=O) groups is 2. The summed E-state index contributed by atoms with van der Waals surface area (Å²) < 4.78 is 0. The van der Waals surface area contributed by atoms with E-state index in [2.05, 4.69) is 10.6 Å². The van der Waals surface area contributed by atoms with Crippen molar-refractivity contribution in [3.8, 4) is 0 Å². The Morgan fingerprint density at radius 3 is 1.44 bits per heavy atom. The van der Waals surface area contributed by atoms with E-state index in [1.165, 1.54) is 24.3 Å². The molecule has 32 heavy (non-hydrogen) atoms. The van der Waals surface area contributed by atoms with Gasteiger partial charge in [-0.2, -0.15) is 0 Å². The second-order valence-corrected chi connectivity index (χ2v) is 7.87. The highest BCUT2D eigenvalue weighted by Gasteiger charge is 2.17. The predicted molar refractivity (Wildman–Crippen MR) is 121 cm³/mol. The maximum absolute atomic E-state index is 12.1. The number of benzene rings is 2. The van der Waals surface area contributed by atoms with E-state index in [0.717, 1.165) is 0 Å². The van der Waals surface area contributed by atoms with Crippen LogP contribution < -0.4 is 10.6 Å². The highest BCUT2D eigenvalue weighted by molar-refractivity contribution is 6.33. The van der Waals surface area contributed by atoms with Gasteiger partial charge in [0.25, 0.3) is 11.4 Å². The number of rotatable bonds is 9. The van der Waals surface area contributed by atoms with Crippen LogP contribution in [-0.2, 0) is 9.59 Å². The van der Waals surface area contributed by atoms with Crippen molar-refractivity contribution in [1.29, 1.82) is 0 Å². The first-order chi connectivity index (χ1) is 15.0. The molecule has 170 valence electrons. The van der Waals surface area contributed by atoms with Gasteiger partial charge in [0.1, 0.15) is 10.0 Å². The second-order valence-electron chi connectivity index (χ2n) is 7.05. The summed E-state index contributed by atoms with van der Waals surface area (Å²) in [6, 6.07) is 5.24. The molecule has 0 aliphatic rings. The SMILES string of the molecule is Cc1cc([N+](=O)[O-])c(Cl)cc1NC(=O)CCCCC(=O)Nc1cc(Cl)c([N+](=O)[O-])cc1C. The molecule has 0 atom stereocenters. The molecule has 0 aliphatic carbocycles. The van der Waals surface area contributed by atoms with Crippen LogP contribution in [0.25, 0.3) is 0 Å². The smallest absolute Gasteiger partial charge is 0.288 e. The average molecular weight is 483 g/mol. The average Bonchev–Trinajstić information content (AvgIpc) is 2.69. The van der Waals surface area contributed by atoms with Gasteiger partial charge >= 0.3 is 0 Å². The largest absolute Gasteiger partial charge is 0.326 e. The van der Waals surface area contributed by atoms with Crippen LogP contribution in [0.3, 0.4) is 0 Å². The molecule has 2 N–H and O–H groups in total. The van der Waals surface area contributed by atoms with Gasteiger partial charge in [0.05, 0.1) is 9.85 Å². The summed E-state index contributed by atoms with van der Waals surface area (Å²) in [4.78, 5) is 44.9. The predicted octanol–water partition coefficient (Wildman–Crippen LogP) is 5.56. The van der Waals surface area contributed by atoms with E-state index in [0.29, 0.717) is 35.3 Å². The Morgan fingerprint density at radius 2 is 1.12 bits per heavy atom. The number of amides is 2. The molecular weight excluding hydrogens is 463 g/mol. The van der Waals surface area contributed by atoms with E-state index in [9.17, 15) is 29.8 Å². The van der Waals surface area contributed by atoms with Gasteiger partial charge in [-0.3, -0.25) is 29.8 Å². The highest BCUT2D eigenvalue weighted by Crippen LogP contribution is 2.31. The fourth-order valence-corrected chi connectivity index (χ4v) is 3.34. The van der Waals surface area contributed by atoms with Crippen molar-refractivity contribution in [1.82, 2.24) is 0 Å². The van der Waals surface area contributed by atoms with E-state index < -0.39 is 9.85 Å². The highest BCUT2D eigenvalue weighted by atomic mass is 35.5. The Balaban J connectivity index is 1.82. The molecule has 0 aromatic heterocycles. The number of aryl methyl sites for hydroxylation is 2. The minimum atomic E-state index is -0.599. The van der Waals surface area contributed by atoms with Crippen molar-refractivity contribution < 1.29 is 19.4 Å². The molecule has 0 aliphatic heterocycles. The third kappa shape index (κ3) is 6.63. The number of unbranched alkanes of at least 4 members (excludes halogenated alkanes) is 1. The molecule has 2 aromatic carbocycles. The Morgan fingerprint density at radius 1 is 0.781 bits per heavy atom. The van der Waals surface area contributed by atoms with Gasteiger partial charge in [-0.05, 0) is 49.9 Å². The van der Waals surface area contributed by atoms with Crippen molar-refractivity contribution in [2.24, 2.45) is 0 Å². The molecule has 2 amide bonds. The molecule has 0 saturated heterocycles. The van der Waals surface area contributed by atoms with Gasteiger partial charge in [0, 0.05) is 36.3 Å². The van der Waals surface area contributed by atoms with Crippen molar-refractivity contribution in [3.63, 3.8) is 0 Å². The van der Waals surface area contributed by atoms with Crippen molar-refractivity contribution in [2.75, 3.05) is 10.6 Å². The van der Waals surface area contributed by atoms with Crippen LogP contribution in [0.15, 0.2) is 24.3 Å². The molecule has 0 spiro atoms. The van der Waals surface area contributed by atoms with Gasteiger partial charge in [0.2, 0.25) is 11.8 Å². The number of hydrogen-bond donors (Lipinski definition) is 2. The summed E-state index contributed by atoms with van der Waals surface area (Å²) in [5.41, 5.74) is 1.30. The summed E-state index contributed by atoms with van der Waals surface area (Å²) in [6.45, 7) is 3.24. The monoisotopic (exact) mass is 482 g/mol. The summed E-state index contributed by atoms with van der Waals surface area (Å²) >= 11 is 11.7. The van der Waals surface area contributed by atoms with E-state index in [1.54, 1.807) is 13.8 Å². The second kappa shape index (κ2) is 10.9. The quantitative estimate of drug-likeness (QED) is 0.271. The van der Waals surface area contributed by atoms with E-state index >= 15 is 0 Å². The third-order valence-corrected chi connectivity index (χ3v) is 5.19. The van der Waals surface area contributed by atoms with Gasteiger partial charge in [-0.15, -0.1) is 0 Å². The first-order valence-corrected chi connectivity index (χ1v) is 10.2. The number of nitro benzene ring substituents is 2. The minimum absolute atomic E-state index is 0.0748. The van der Waals surface area contributed by atoms with E-state index in [-0.39, 0.29) is 46.1 Å². The van der Waals surface area contributed by atoms with Crippen LogP contribution in [-0.4, -0.2) is 21.7 Å². The first-order valence-electron chi connectivity index (χ1n) is 9.48. The Bertz CT molecular complexity index is 1000. The number of nitrogens with zero attached hydrogens (tertiary/aromatic N) is 2. The number of nitro groups is 2. The number of hydrogen-bond acceptors (Lipinski definition) is 6. The van der Waals surface area contributed by atoms with Crippen molar-refractivity contribution >= 4 is 57.8 Å². The maximum atomic E-state index is 12.1. The zero-order valence-corrected chi connectivity index (χ0v) is 18.7. The molecule has 0 fully saturated rings. The maximum Gasteiger partial charge on any atom is 0.288 e. The molecule has 0 saturated carbocycles. The van der Waals surface area contributed by atoms with Crippen molar-refractivity contribution in [3.05, 3.63) is 65.7 Å². The Kier molecular flexibility index (Phi) is 8.50. The standard InChI is InChI=1S/C20H20Cl2N4O6/c1-11-7-17(25(29)30)13(21)9-15(11)23-19(27)5-3-4-6-20(28)24-16-10-14(22)18(26(31)32)8-12(16)2/h7-10H,3-6H2,1-2H3,(H,23,27)(H,24,28). The zero-order chi connectivity index (χ0) is 24.0. The lowest BCUT2D eigenvalue weighted by atomic mass is 10.1. The summed E-state index contributed by atoms with van der Waals surface area (Å²) in [6.07, 6.45) is 1.14. The Labute approximate surface area is 193 Å². The van der Waals surface area contributed by atoms with Crippen molar-refractivity contribution in [2.45, 2.75) is 39.5 Å². The fraction of sp³-hybridized carbons (Fsp3) is 0.300. The molecule has 0 heterocycles. The lowest BCUT2D eigenvalue weighted by molar-refractivity contribution is -0.384. The lowest BCUT2D eigenvalue weighted by Gasteiger charge is -2.10.